The first kappa shape index (κ1) is 18.4. The summed E-state index contributed by atoms with van der Waals surface area (Å²) in [4.78, 5) is 0. The number of rotatable bonds is 2. The first-order valence-electron chi connectivity index (χ1n) is 9.74. The summed E-state index contributed by atoms with van der Waals surface area (Å²) in [7, 11) is 0. The normalized spacial score (nSPS) is 22.7. The van der Waals surface area contributed by atoms with Crippen molar-refractivity contribution >= 4 is 18.0 Å². The average molecular weight is 438 g/mol. The molecule has 26 heavy (non-hydrogen) atoms. The molecule has 0 N–H and O–H groups in total. The molecule has 0 heterocycles. The summed E-state index contributed by atoms with van der Waals surface area (Å²) >= 11 is -3.24. The quantitative estimate of drug-likeness (QED) is 0.476. The molecule has 4 rings (SSSR count). The van der Waals surface area contributed by atoms with Gasteiger partial charge in [0.15, 0.2) is 0 Å². The molecule has 0 saturated heterocycles. The monoisotopic (exact) mass is 436 g/mol. The van der Waals surface area contributed by atoms with Gasteiger partial charge in [-0.1, -0.05) is 0 Å². The summed E-state index contributed by atoms with van der Waals surface area (Å²) in [5, 5.41) is 0. The van der Waals surface area contributed by atoms with E-state index in [-0.39, 0.29) is 0 Å². The average Bonchev–Trinajstić information content (AvgIpc) is 3.01. The predicted octanol–water partition coefficient (Wildman–Crippen LogP) is 6.42. The Kier molecular flexibility index (Phi) is 4.07. The number of benzene rings is 2. The molecular weight excluding hydrogens is 408 g/mol. The number of hydrogen-bond donors (Lipinski definition) is 0. The Morgan fingerprint density at radius 1 is 0.654 bits per heavy atom. The second-order valence-electron chi connectivity index (χ2n) is 9.59. The van der Waals surface area contributed by atoms with E-state index in [2.05, 4.69) is 92.4 Å². The third kappa shape index (κ3) is 2.34. The van der Waals surface area contributed by atoms with Crippen LogP contribution in [-0.4, -0.2) is 6.88 Å². The van der Waals surface area contributed by atoms with Crippen molar-refractivity contribution in [2.75, 3.05) is 0 Å². The van der Waals surface area contributed by atoms with Gasteiger partial charge >= 0.3 is 162 Å². The van der Waals surface area contributed by atoms with E-state index in [1.54, 1.807) is 22.3 Å². The summed E-state index contributed by atoms with van der Waals surface area (Å²) in [6, 6.07) is 18.3. The van der Waals surface area contributed by atoms with Crippen molar-refractivity contribution in [2.45, 2.75) is 44.2 Å². The first-order chi connectivity index (χ1) is 12.1. The minimum atomic E-state index is -3.24. The second-order valence-corrected chi connectivity index (χ2v) is 40.1. The molecule has 0 aliphatic heterocycles. The molecular formula is C24H30SiZr. The van der Waals surface area contributed by atoms with Crippen LogP contribution >= 0.6 is 0 Å². The van der Waals surface area contributed by atoms with Gasteiger partial charge in [-0.05, 0) is 0 Å². The van der Waals surface area contributed by atoms with Crippen LogP contribution in [0.25, 0.3) is 11.1 Å². The van der Waals surface area contributed by atoms with Crippen molar-refractivity contribution in [1.29, 1.82) is 0 Å². The molecule has 0 amide bonds. The fourth-order valence-electron chi connectivity index (χ4n) is 6.12. The molecule has 2 aliphatic rings. The molecule has 0 saturated carbocycles. The van der Waals surface area contributed by atoms with Crippen LogP contribution in [0.1, 0.15) is 57.2 Å². The maximum atomic E-state index is 2.72. The Hall–Kier alpha value is -0.980. The first-order valence-corrected chi connectivity index (χ1v) is 23.4. The summed E-state index contributed by atoms with van der Waals surface area (Å²) in [6.45, 7) is 11.9. The van der Waals surface area contributed by atoms with Crippen LogP contribution in [0.2, 0.25) is 9.26 Å². The summed E-state index contributed by atoms with van der Waals surface area (Å²) in [5.41, 5.74) is 12.5. The molecule has 2 atom stereocenters. The Bertz CT molecular complexity index is 982. The van der Waals surface area contributed by atoms with Crippen molar-refractivity contribution in [3.8, 4) is 0 Å². The zero-order valence-electron chi connectivity index (χ0n) is 17.0. The van der Waals surface area contributed by atoms with Gasteiger partial charge in [-0.25, -0.2) is 0 Å². The van der Waals surface area contributed by atoms with E-state index in [1.165, 1.54) is 22.3 Å². The van der Waals surface area contributed by atoms with E-state index in [0.29, 0.717) is 7.25 Å². The van der Waals surface area contributed by atoms with E-state index < -0.39 is 17.4 Å². The zero-order chi connectivity index (χ0) is 18.9. The van der Waals surface area contributed by atoms with Gasteiger partial charge in [0.05, 0.1) is 0 Å². The molecule has 134 valence electrons. The number of allylic oxidation sites excluding steroid dienone is 4. The molecule has 2 unspecified atom stereocenters. The Morgan fingerprint density at radius 2 is 1.00 bits per heavy atom. The van der Waals surface area contributed by atoms with Gasteiger partial charge < -0.3 is 0 Å². The van der Waals surface area contributed by atoms with Crippen LogP contribution in [0.4, 0.5) is 0 Å². The van der Waals surface area contributed by atoms with Crippen LogP contribution in [-0.2, 0) is 17.4 Å². The summed E-state index contributed by atoms with van der Waals surface area (Å²) < 4.78 is 6.72. The molecule has 0 aromatic heterocycles. The van der Waals surface area contributed by atoms with E-state index in [0.717, 1.165) is 0 Å². The number of hydrogen-bond acceptors (Lipinski definition) is 0. The molecule has 2 aliphatic carbocycles. The summed E-state index contributed by atoms with van der Waals surface area (Å²) in [6.07, 6.45) is 0. The second kappa shape index (κ2) is 5.76. The standard InChI is InChI=1S/2C11H11.2CH3.H2Si.Zr/c2*1-8-7-10-5-3-4-6-11(10)9(8)2;;;;/h2*3-7H,1-2H3;2*1H3;1H2;. The Balaban J connectivity index is 1.99. The molecule has 0 bridgehead atoms. The molecule has 0 fully saturated rings. The van der Waals surface area contributed by atoms with Crippen molar-refractivity contribution in [1.82, 2.24) is 0 Å². The summed E-state index contributed by atoms with van der Waals surface area (Å²) in [5.74, 6) is 0. The minimum absolute atomic E-state index is 0.643. The van der Waals surface area contributed by atoms with Gasteiger partial charge in [0.1, 0.15) is 0 Å². The topological polar surface area (TPSA) is 0 Å². The maximum absolute atomic E-state index is 3.24. The molecule has 0 nitrogen and oxygen atoms in total. The third-order valence-corrected chi connectivity index (χ3v) is 25.1. The Morgan fingerprint density at radius 3 is 1.38 bits per heavy atom. The predicted molar refractivity (Wildman–Crippen MR) is 115 cm³/mol. The van der Waals surface area contributed by atoms with Crippen molar-refractivity contribution in [2.24, 2.45) is 0 Å². The van der Waals surface area contributed by atoms with Crippen LogP contribution < -0.4 is 0 Å². The van der Waals surface area contributed by atoms with Gasteiger partial charge in [-0.3, -0.25) is 0 Å². The van der Waals surface area contributed by atoms with Crippen molar-refractivity contribution < 1.29 is 17.4 Å². The van der Waals surface area contributed by atoms with Gasteiger partial charge in [-0.15, -0.1) is 0 Å². The molecule has 2 aromatic carbocycles. The fraction of sp³-hybridized carbons (Fsp3) is 0.333. The van der Waals surface area contributed by atoms with Gasteiger partial charge in [0.2, 0.25) is 0 Å². The fourth-order valence-corrected chi connectivity index (χ4v) is 27.5. The SMILES string of the molecule is CC1=C(C)[CH]([Zr]([CH3])([CH3])(=[SiH2])[CH]2C(C)=C(C)c3ccccc32)c2ccccc21. The van der Waals surface area contributed by atoms with Gasteiger partial charge in [0, 0.05) is 0 Å². The molecule has 0 radical (unpaired) electrons. The van der Waals surface area contributed by atoms with Crippen LogP contribution in [0.15, 0.2) is 59.7 Å². The number of fused-ring (bicyclic) bond motifs is 2. The van der Waals surface area contributed by atoms with Crippen LogP contribution in [0.5, 0.6) is 0 Å². The van der Waals surface area contributed by atoms with E-state index >= 15 is 0 Å². The third-order valence-electron chi connectivity index (χ3n) is 7.30. The zero-order valence-corrected chi connectivity index (χ0v) is 20.9. The van der Waals surface area contributed by atoms with Crippen LogP contribution in [0.3, 0.4) is 0 Å². The van der Waals surface area contributed by atoms with Gasteiger partial charge in [0.25, 0.3) is 0 Å². The van der Waals surface area contributed by atoms with Crippen molar-refractivity contribution in [3.63, 3.8) is 0 Å². The van der Waals surface area contributed by atoms with Crippen molar-refractivity contribution in [3.05, 3.63) is 81.9 Å². The van der Waals surface area contributed by atoms with E-state index in [4.69, 9.17) is 0 Å². The Labute approximate surface area is 160 Å². The van der Waals surface area contributed by atoms with E-state index in [9.17, 15) is 0 Å². The van der Waals surface area contributed by atoms with E-state index in [1.807, 2.05) is 0 Å². The van der Waals surface area contributed by atoms with Gasteiger partial charge in [-0.2, -0.15) is 0 Å². The molecule has 2 heteroatoms. The van der Waals surface area contributed by atoms with Crippen LogP contribution in [0, 0.1) is 0 Å². The molecule has 0 spiro atoms. The molecule has 2 aromatic rings.